The van der Waals surface area contributed by atoms with Crippen LogP contribution >= 0.6 is 0 Å². The average Bonchev–Trinajstić information content (AvgIpc) is 2.85. The second-order valence-electron chi connectivity index (χ2n) is 4.69. The monoisotopic (exact) mass is 222 g/mol. The molecule has 16 heavy (non-hydrogen) atoms. The molecule has 1 aromatic rings. The third kappa shape index (κ3) is 2.09. The lowest BCUT2D eigenvalue weighted by Gasteiger charge is -2.21. The summed E-state index contributed by atoms with van der Waals surface area (Å²) in [6, 6.07) is 0. The molecule has 1 amide bonds. The van der Waals surface area contributed by atoms with Gasteiger partial charge in [-0.25, -0.2) is 0 Å². The van der Waals surface area contributed by atoms with E-state index in [0.717, 1.165) is 30.8 Å². The predicted octanol–water partition coefficient (Wildman–Crippen LogP) is 0.334. The number of carbonyl (C=O) groups is 1. The van der Waals surface area contributed by atoms with Gasteiger partial charge in [0.1, 0.15) is 0 Å². The lowest BCUT2D eigenvalue weighted by molar-refractivity contribution is -0.129. The SMILES string of the molecule is Cc1[nH]ncc1CNC(=O)C1(C)CCNC1. The molecule has 0 saturated carbocycles. The third-order valence-corrected chi connectivity index (χ3v) is 3.29. The highest BCUT2D eigenvalue weighted by atomic mass is 16.2. The summed E-state index contributed by atoms with van der Waals surface area (Å²) < 4.78 is 0. The molecule has 1 saturated heterocycles. The molecule has 0 aromatic carbocycles. The van der Waals surface area contributed by atoms with Crippen LogP contribution in [0.4, 0.5) is 0 Å². The van der Waals surface area contributed by atoms with Gasteiger partial charge in [-0.2, -0.15) is 5.10 Å². The van der Waals surface area contributed by atoms with Gasteiger partial charge in [-0.1, -0.05) is 0 Å². The molecule has 0 bridgehead atoms. The Hall–Kier alpha value is -1.36. The maximum atomic E-state index is 12.0. The number of aromatic nitrogens is 2. The Labute approximate surface area is 95.0 Å². The van der Waals surface area contributed by atoms with Gasteiger partial charge in [0.2, 0.25) is 5.91 Å². The fraction of sp³-hybridized carbons (Fsp3) is 0.636. The number of nitrogens with one attached hydrogen (secondary N) is 3. The molecule has 0 aliphatic carbocycles. The van der Waals surface area contributed by atoms with Crippen LogP contribution in [-0.4, -0.2) is 29.2 Å². The van der Waals surface area contributed by atoms with E-state index in [1.165, 1.54) is 0 Å². The summed E-state index contributed by atoms with van der Waals surface area (Å²) in [6.07, 6.45) is 2.66. The molecule has 1 atom stereocenters. The Balaban J connectivity index is 1.91. The van der Waals surface area contributed by atoms with Gasteiger partial charge in [0, 0.05) is 24.3 Å². The van der Waals surface area contributed by atoms with Gasteiger partial charge in [0.25, 0.3) is 0 Å². The molecule has 2 heterocycles. The minimum Gasteiger partial charge on any atom is -0.351 e. The maximum absolute atomic E-state index is 12.0. The Kier molecular flexibility index (Phi) is 2.96. The van der Waals surface area contributed by atoms with Crippen LogP contribution < -0.4 is 10.6 Å². The molecule has 0 radical (unpaired) electrons. The van der Waals surface area contributed by atoms with Gasteiger partial charge in [-0.15, -0.1) is 0 Å². The predicted molar refractivity (Wildman–Crippen MR) is 60.8 cm³/mol. The smallest absolute Gasteiger partial charge is 0.227 e. The maximum Gasteiger partial charge on any atom is 0.227 e. The molecule has 5 nitrogen and oxygen atoms in total. The first kappa shape index (κ1) is 11.1. The molecule has 0 spiro atoms. The first-order valence-corrected chi connectivity index (χ1v) is 5.60. The highest BCUT2D eigenvalue weighted by Gasteiger charge is 2.35. The summed E-state index contributed by atoms with van der Waals surface area (Å²) in [7, 11) is 0. The molecule has 88 valence electrons. The molecule has 1 aliphatic rings. The van der Waals surface area contributed by atoms with Gasteiger partial charge in [-0.05, 0) is 26.8 Å². The topological polar surface area (TPSA) is 69.8 Å². The summed E-state index contributed by atoms with van der Waals surface area (Å²) in [4.78, 5) is 12.0. The number of aryl methyl sites for hydroxylation is 1. The summed E-state index contributed by atoms with van der Waals surface area (Å²) in [5, 5.41) is 13.0. The van der Waals surface area contributed by atoms with Gasteiger partial charge < -0.3 is 10.6 Å². The van der Waals surface area contributed by atoms with E-state index < -0.39 is 0 Å². The van der Waals surface area contributed by atoms with Crippen LogP contribution in [0.25, 0.3) is 0 Å². The molecule has 3 N–H and O–H groups in total. The Bertz CT molecular complexity index is 379. The van der Waals surface area contributed by atoms with Gasteiger partial charge in [-0.3, -0.25) is 9.89 Å². The van der Waals surface area contributed by atoms with E-state index in [-0.39, 0.29) is 11.3 Å². The Morgan fingerprint density at radius 3 is 3.06 bits per heavy atom. The minimum absolute atomic E-state index is 0.123. The highest BCUT2D eigenvalue weighted by Crippen LogP contribution is 2.24. The molecule has 1 unspecified atom stereocenters. The summed E-state index contributed by atoms with van der Waals surface area (Å²) in [5.41, 5.74) is 1.80. The van der Waals surface area contributed by atoms with Gasteiger partial charge >= 0.3 is 0 Å². The molecule has 1 aliphatic heterocycles. The second kappa shape index (κ2) is 4.25. The van der Waals surface area contributed by atoms with E-state index in [9.17, 15) is 4.79 Å². The first-order chi connectivity index (χ1) is 7.62. The number of hydrogen-bond donors (Lipinski definition) is 3. The van der Waals surface area contributed by atoms with Crippen LogP contribution in [0.3, 0.4) is 0 Å². The van der Waals surface area contributed by atoms with Crippen LogP contribution in [0.1, 0.15) is 24.6 Å². The summed E-state index contributed by atoms with van der Waals surface area (Å²) in [5.74, 6) is 0.123. The van der Waals surface area contributed by atoms with Gasteiger partial charge in [0.15, 0.2) is 0 Å². The van der Waals surface area contributed by atoms with Crippen molar-refractivity contribution >= 4 is 5.91 Å². The van der Waals surface area contributed by atoms with E-state index in [1.807, 2.05) is 13.8 Å². The number of aromatic amines is 1. The molecule has 2 rings (SSSR count). The highest BCUT2D eigenvalue weighted by molar-refractivity contribution is 5.82. The normalized spacial score (nSPS) is 24.6. The second-order valence-corrected chi connectivity index (χ2v) is 4.69. The number of H-pyrrole nitrogens is 1. The lowest BCUT2D eigenvalue weighted by Crippen LogP contribution is -2.40. The number of nitrogens with zero attached hydrogens (tertiary/aromatic N) is 1. The lowest BCUT2D eigenvalue weighted by atomic mass is 9.89. The third-order valence-electron chi connectivity index (χ3n) is 3.29. The van der Waals surface area contributed by atoms with Gasteiger partial charge in [0.05, 0.1) is 11.6 Å². The fourth-order valence-electron chi connectivity index (χ4n) is 1.95. The van der Waals surface area contributed by atoms with Crippen molar-refractivity contribution in [1.82, 2.24) is 20.8 Å². The quantitative estimate of drug-likeness (QED) is 0.690. The van der Waals surface area contributed by atoms with Crippen molar-refractivity contribution in [1.29, 1.82) is 0 Å². The fourth-order valence-corrected chi connectivity index (χ4v) is 1.95. The zero-order valence-electron chi connectivity index (χ0n) is 9.76. The van der Waals surface area contributed by atoms with Crippen LogP contribution in [0.5, 0.6) is 0 Å². The zero-order chi connectivity index (χ0) is 11.6. The Morgan fingerprint density at radius 2 is 2.50 bits per heavy atom. The molecular weight excluding hydrogens is 204 g/mol. The van der Waals surface area contributed by atoms with Crippen molar-refractivity contribution in [2.75, 3.05) is 13.1 Å². The van der Waals surface area contributed by atoms with E-state index in [1.54, 1.807) is 6.20 Å². The number of hydrogen-bond acceptors (Lipinski definition) is 3. The van der Waals surface area contributed by atoms with Crippen molar-refractivity contribution in [3.8, 4) is 0 Å². The zero-order valence-corrected chi connectivity index (χ0v) is 9.76. The minimum atomic E-state index is -0.252. The van der Waals surface area contributed by atoms with Crippen LogP contribution in [0, 0.1) is 12.3 Å². The molecule has 5 heteroatoms. The number of rotatable bonds is 3. The molecule has 1 aromatic heterocycles. The summed E-state index contributed by atoms with van der Waals surface area (Å²) in [6.45, 7) is 6.20. The van der Waals surface area contributed by atoms with Crippen LogP contribution in [-0.2, 0) is 11.3 Å². The standard InChI is InChI=1S/C11H18N4O/c1-8-9(6-14-15-8)5-13-10(16)11(2)3-4-12-7-11/h6,12H,3-5,7H2,1-2H3,(H,13,16)(H,14,15). The van der Waals surface area contributed by atoms with Crippen molar-refractivity contribution in [3.63, 3.8) is 0 Å². The molecular formula is C11H18N4O. The van der Waals surface area contributed by atoms with E-state index in [4.69, 9.17) is 0 Å². The van der Waals surface area contributed by atoms with Crippen LogP contribution in [0.15, 0.2) is 6.20 Å². The van der Waals surface area contributed by atoms with E-state index in [2.05, 4.69) is 20.8 Å². The van der Waals surface area contributed by atoms with Crippen molar-refractivity contribution in [3.05, 3.63) is 17.5 Å². The first-order valence-electron chi connectivity index (χ1n) is 5.60. The van der Waals surface area contributed by atoms with Crippen molar-refractivity contribution < 1.29 is 4.79 Å². The van der Waals surface area contributed by atoms with E-state index in [0.29, 0.717) is 6.54 Å². The largest absolute Gasteiger partial charge is 0.351 e. The Morgan fingerprint density at radius 1 is 1.69 bits per heavy atom. The van der Waals surface area contributed by atoms with Crippen LogP contribution in [0.2, 0.25) is 0 Å². The average molecular weight is 222 g/mol. The molecule has 1 fully saturated rings. The number of amides is 1. The number of carbonyl (C=O) groups excluding carboxylic acids is 1. The van der Waals surface area contributed by atoms with E-state index >= 15 is 0 Å². The summed E-state index contributed by atoms with van der Waals surface area (Å²) >= 11 is 0. The van der Waals surface area contributed by atoms with Crippen molar-refractivity contribution in [2.45, 2.75) is 26.8 Å². The van der Waals surface area contributed by atoms with Crippen molar-refractivity contribution in [2.24, 2.45) is 5.41 Å².